The Labute approximate surface area is 306 Å². The summed E-state index contributed by atoms with van der Waals surface area (Å²) in [6.45, 7) is 4.41. The number of non-ortho nitro benzene ring substituents is 1. The maximum atomic E-state index is 12.5. The molecule has 0 atom stereocenters. The highest BCUT2D eigenvalue weighted by molar-refractivity contribution is 5.72. The normalized spacial score (nSPS) is 11.9. The second-order valence-corrected chi connectivity index (χ2v) is 12.1. The number of hydrogen-bond acceptors (Lipinski definition) is 12. The van der Waals surface area contributed by atoms with Crippen LogP contribution in [0.25, 0.3) is 0 Å². The summed E-state index contributed by atoms with van der Waals surface area (Å²) in [4.78, 5) is 49.1. The van der Waals surface area contributed by atoms with Crippen LogP contribution >= 0.6 is 0 Å². The van der Waals surface area contributed by atoms with Gasteiger partial charge in [0.05, 0.1) is 24.7 Å². The number of rotatable bonds is 13. The molecule has 0 saturated carbocycles. The topological polar surface area (TPSA) is 170 Å². The zero-order valence-corrected chi connectivity index (χ0v) is 29.8. The first-order valence-corrected chi connectivity index (χ1v) is 17.3. The van der Waals surface area contributed by atoms with Crippen LogP contribution in [-0.2, 0) is 54.3 Å². The van der Waals surface area contributed by atoms with Gasteiger partial charge < -0.3 is 33.5 Å². The minimum absolute atomic E-state index is 0.00498. The van der Waals surface area contributed by atoms with Crippen molar-refractivity contribution in [3.05, 3.63) is 121 Å². The predicted octanol–water partition coefficient (Wildman–Crippen LogP) is 5.80. The first kappa shape index (κ1) is 38.1. The lowest BCUT2D eigenvalue weighted by atomic mass is 9.91. The van der Waals surface area contributed by atoms with Crippen molar-refractivity contribution >= 4 is 23.6 Å². The van der Waals surface area contributed by atoms with Crippen LogP contribution < -0.4 is 14.2 Å². The number of phenols is 1. The summed E-state index contributed by atoms with van der Waals surface area (Å²) in [5.74, 6) is -0.785. The average molecular weight is 728 g/mol. The molecule has 0 fully saturated rings. The third-order valence-corrected chi connectivity index (χ3v) is 8.44. The van der Waals surface area contributed by atoms with E-state index in [4.69, 9.17) is 28.4 Å². The number of phenolic OH excluding ortho intramolecular Hbond substituents is 1. The number of carbonyl (C=O) groups excluding carboxylic acids is 3. The van der Waals surface area contributed by atoms with Crippen LogP contribution in [0.5, 0.6) is 23.0 Å². The van der Waals surface area contributed by atoms with Gasteiger partial charge in [0.1, 0.15) is 23.0 Å². The highest BCUT2D eigenvalue weighted by atomic mass is 16.6. The second-order valence-electron chi connectivity index (χ2n) is 12.1. The highest BCUT2D eigenvalue weighted by Crippen LogP contribution is 2.39. The van der Waals surface area contributed by atoms with E-state index in [-0.39, 0.29) is 74.7 Å². The Morgan fingerprint density at radius 2 is 0.849 bits per heavy atom. The fourth-order valence-corrected chi connectivity index (χ4v) is 6.24. The Morgan fingerprint density at radius 1 is 0.566 bits per heavy atom. The molecule has 13 nitrogen and oxygen atoms in total. The predicted molar refractivity (Wildman–Crippen MR) is 192 cm³/mol. The van der Waals surface area contributed by atoms with Gasteiger partial charge in [-0.2, -0.15) is 0 Å². The Morgan fingerprint density at radius 3 is 1.11 bits per heavy atom. The molecule has 4 aromatic carbocycles. The van der Waals surface area contributed by atoms with Crippen molar-refractivity contribution in [1.82, 2.24) is 0 Å². The SMILES string of the molecule is CCOC(=O)COc1c2cccc1Cc1cccc(c1OCC(=O)OCC)Cc1cccc(c1OCC(=O)OCC)Cc1cc([N+](=O)[O-])cc(c1O)C2. The van der Waals surface area contributed by atoms with Gasteiger partial charge in [-0.25, -0.2) is 14.4 Å². The van der Waals surface area contributed by atoms with Crippen molar-refractivity contribution in [1.29, 1.82) is 0 Å². The maximum Gasteiger partial charge on any atom is 0.344 e. The van der Waals surface area contributed by atoms with E-state index in [1.165, 1.54) is 12.1 Å². The van der Waals surface area contributed by atoms with Crippen molar-refractivity contribution in [3.63, 3.8) is 0 Å². The standard InChI is InChI=1S/C40H41NO12/c1-4-48-34(42)22-51-38-25-10-7-11-26(38)17-28-13-9-15-30(40(28)53-24-36(44)50-6-3)19-32-21-33(41(46)47)20-31(37(32)45)18-29-14-8-12-27(16-25)39(29)52-23-35(43)49-5-2/h7-15,20-21,45H,4-6,16-19,22-24H2,1-3H3. The van der Waals surface area contributed by atoms with E-state index in [1.54, 1.807) is 45.0 Å². The molecule has 0 radical (unpaired) electrons. The van der Waals surface area contributed by atoms with E-state index >= 15 is 0 Å². The Balaban J connectivity index is 1.73. The van der Waals surface area contributed by atoms with Crippen molar-refractivity contribution in [2.45, 2.75) is 46.5 Å². The van der Waals surface area contributed by atoms with Crippen molar-refractivity contribution in [3.8, 4) is 23.0 Å². The lowest BCUT2D eigenvalue weighted by Crippen LogP contribution is -2.18. The lowest BCUT2D eigenvalue weighted by Gasteiger charge is -2.21. The molecule has 0 amide bonds. The van der Waals surface area contributed by atoms with Crippen molar-refractivity contribution in [2.75, 3.05) is 39.6 Å². The Bertz CT molecular complexity index is 1870. The number of para-hydroxylation sites is 3. The summed E-state index contributed by atoms with van der Waals surface area (Å²) in [5.41, 5.74) is 4.02. The molecule has 0 saturated heterocycles. The van der Waals surface area contributed by atoms with E-state index in [2.05, 4.69) is 0 Å². The van der Waals surface area contributed by atoms with E-state index < -0.39 is 36.0 Å². The molecule has 278 valence electrons. The molecule has 13 heteroatoms. The van der Waals surface area contributed by atoms with Gasteiger partial charge >= 0.3 is 17.9 Å². The smallest absolute Gasteiger partial charge is 0.344 e. The zero-order chi connectivity index (χ0) is 37.9. The lowest BCUT2D eigenvalue weighted by molar-refractivity contribution is -0.385. The summed E-state index contributed by atoms with van der Waals surface area (Å²) < 4.78 is 33.8. The quantitative estimate of drug-likeness (QED) is 0.0670. The van der Waals surface area contributed by atoms with E-state index in [9.17, 15) is 29.6 Å². The van der Waals surface area contributed by atoms with Crippen LogP contribution in [0, 0.1) is 10.1 Å². The minimum Gasteiger partial charge on any atom is -0.507 e. The molecule has 5 rings (SSSR count). The molecular weight excluding hydrogens is 686 g/mol. The van der Waals surface area contributed by atoms with Crippen LogP contribution in [0.4, 0.5) is 5.69 Å². The molecule has 0 heterocycles. The number of aromatic hydroxyl groups is 1. The van der Waals surface area contributed by atoms with Crippen LogP contribution in [-0.4, -0.2) is 67.6 Å². The van der Waals surface area contributed by atoms with Gasteiger partial charge in [0.15, 0.2) is 19.8 Å². The van der Waals surface area contributed by atoms with E-state index in [1.807, 2.05) is 30.3 Å². The Kier molecular flexibility index (Phi) is 12.9. The number of benzene rings is 4. The molecule has 0 aromatic heterocycles. The molecule has 1 aliphatic carbocycles. The second kappa shape index (κ2) is 17.9. The van der Waals surface area contributed by atoms with E-state index in [0.717, 1.165) is 0 Å². The van der Waals surface area contributed by atoms with Gasteiger partial charge in [-0.1, -0.05) is 54.6 Å². The largest absolute Gasteiger partial charge is 0.507 e. The van der Waals surface area contributed by atoms with Gasteiger partial charge in [0.25, 0.3) is 5.69 Å². The summed E-state index contributed by atoms with van der Waals surface area (Å²) in [5, 5.41) is 23.8. The summed E-state index contributed by atoms with van der Waals surface area (Å²) in [6, 6.07) is 18.9. The number of fused-ring (bicyclic) bond motifs is 8. The highest BCUT2D eigenvalue weighted by Gasteiger charge is 2.24. The monoisotopic (exact) mass is 727 g/mol. The number of nitrogens with zero attached hydrogens (tertiary/aromatic N) is 1. The number of esters is 3. The minimum atomic E-state index is -0.585. The van der Waals surface area contributed by atoms with Crippen LogP contribution in [0.1, 0.15) is 65.3 Å². The van der Waals surface area contributed by atoms with Gasteiger partial charge in [0, 0.05) is 48.9 Å². The summed E-state index contributed by atoms with van der Waals surface area (Å²) in [6.07, 6.45) is 0.447. The third kappa shape index (κ3) is 9.61. The maximum absolute atomic E-state index is 12.5. The number of nitro groups is 1. The molecule has 0 spiro atoms. The first-order valence-electron chi connectivity index (χ1n) is 17.3. The number of nitro benzene ring substituents is 1. The number of ether oxygens (including phenoxy) is 6. The molecule has 4 aromatic rings. The molecule has 53 heavy (non-hydrogen) atoms. The number of hydrogen-bond donors (Lipinski definition) is 1. The van der Waals surface area contributed by atoms with Crippen LogP contribution in [0.3, 0.4) is 0 Å². The molecule has 8 bridgehead atoms. The van der Waals surface area contributed by atoms with Gasteiger partial charge in [0.2, 0.25) is 0 Å². The summed E-state index contributed by atoms with van der Waals surface area (Å²) in [7, 11) is 0. The molecule has 1 N–H and O–H groups in total. The van der Waals surface area contributed by atoms with Crippen LogP contribution in [0.15, 0.2) is 66.7 Å². The third-order valence-electron chi connectivity index (χ3n) is 8.44. The van der Waals surface area contributed by atoms with Gasteiger partial charge in [-0.05, 0) is 54.2 Å². The fourth-order valence-electron chi connectivity index (χ4n) is 6.24. The Hall–Kier alpha value is -6.11. The van der Waals surface area contributed by atoms with E-state index in [0.29, 0.717) is 50.6 Å². The van der Waals surface area contributed by atoms with Gasteiger partial charge in [-0.3, -0.25) is 10.1 Å². The molecule has 0 unspecified atom stereocenters. The average Bonchev–Trinajstić information content (AvgIpc) is 3.12. The molecule has 1 aliphatic rings. The van der Waals surface area contributed by atoms with Crippen molar-refractivity contribution < 1.29 is 52.8 Å². The number of carbonyl (C=O) groups is 3. The molecular formula is C40H41NO12. The zero-order valence-electron chi connectivity index (χ0n) is 29.8. The fraction of sp³-hybridized carbons (Fsp3) is 0.325. The summed E-state index contributed by atoms with van der Waals surface area (Å²) >= 11 is 0. The van der Waals surface area contributed by atoms with Gasteiger partial charge in [-0.15, -0.1) is 0 Å². The van der Waals surface area contributed by atoms with Crippen LogP contribution in [0.2, 0.25) is 0 Å². The first-order chi connectivity index (χ1) is 25.6. The molecule has 0 aliphatic heterocycles. The van der Waals surface area contributed by atoms with Crippen molar-refractivity contribution in [2.24, 2.45) is 0 Å².